The van der Waals surface area contributed by atoms with Crippen LogP contribution in [0.5, 0.6) is 0 Å². The van der Waals surface area contributed by atoms with Crippen molar-refractivity contribution in [3.63, 3.8) is 0 Å². The summed E-state index contributed by atoms with van der Waals surface area (Å²) < 4.78 is 4.93. The van der Waals surface area contributed by atoms with Crippen LogP contribution in [0.2, 0.25) is 0 Å². The van der Waals surface area contributed by atoms with Crippen molar-refractivity contribution >= 4 is 17.7 Å². The van der Waals surface area contributed by atoms with E-state index in [9.17, 15) is 4.79 Å². The van der Waals surface area contributed by atoms with E-state index in [1.807, 2.05) is 25.6 Å². The maximum Gasteiger partial charge on any atom is 0.309 e. The molecule has 0 spiro atoms. The van der Waals surface area contributed by atoms with Crippen LogP contribution in [0, 0.1) is 5.92 Å². The molecule has 0 N–H and O–H groups in total. The average Bonchev–Trinajstić information content (AvgIpc) is 2.17. The van der Waals surface area contributed by atoms with Crippen LogP contribution in [0.15, 0.2) is 0 Å². The number of ether oxygens (including phenoxy) is 1. The van der Waals surface area contributed by atoms with Gasteiger partial charge >= 0.3 is 5.97 Å². The van der Waals surface area contributed by atoms with E-state index >= 15 is 0 Å². The Kier molecular flexibility index (Phi) is 9.26. The van der Waals surface area contributed by atoms with Gasteiger partial charge in [0.2, 0.25) is 0 Å². The van der Waals surface area contributed by atoms with Gasteiger partial charge in [-0.05, 0) is 19.1 Å². The molecule has 0 aliphatic rings. The third kappa shape index (κ3) is 7.25. The molecule has 0 saturated carbocycles. The number of esters is 1. The Hall–Kier alpha value is -0.180. The maximum absolute atomic E-state index is 11.2. The van der Waals surface area contributed by atoms with E-state index in [1.54, 1.807) is 0 Å². The molecular formula is C11H22O2S. The Labute approximate surface area is 91.8 Å². The standard InChI is InChI=1S/C11H22O2S/c1-4-6-7-8-14-9-10(3)11(12)13-5-2/h10H,4-9H2,1-3H3. The highest BCUT2D eigenvalue weighted by Crippen LogP contribution is 2.12. The summed E-state index contributed by atoms with van der Waals surface area (Å²) >= 11 is 1.85. The van der Waals surface area contributed by atoms with Gasteiger partial charge in [0, 0.05) is 5.75 Å². The van der Waals surface area contributed by atoms with E-state index in [-0.39, 0.29) is 11.9 Å². The number of carbonyl (C=O) groups is 1. The van der Waals surface area contributed by atoms with Gasteiger partial charge in [0.1, 0.15) is 0 Å². The summed E-state index contributed by atoms with van der Waals surface area (Å²) in [5, 5.41) is 0. The second kappa shape index (κ2) is 9.38. The van der Waals surface area contributed by atoms with E-state index in [2.05, 4.69) is 6.92 Å². The van der Waals surface area contributed by atoms with Crippen molar-refractivity contribution in [1.82, 2.24) is 0 Å². The molecule has 0 aromatic carbocycles. The molecule has 3 heteroatoms. The van der Waals surface area contributed by atoms with Crippen molar-refractivity contribution < 1.29 is 9.53 Å². The van der Waals surface area contributed by atoms with Gasteiger partial charge in [0.25, 0.3) is 0 Å². The third-order valence-electron chi connectivity index (χ3n) is 1.95. The molecule has 0 fully saturated rings. The first kappa shape index (κ1) is 13.8. The van der Waals surface area contributed by atoms with E-state index in [0.29, 0.717) is 6.61 Å². The normalized spacial score (nSPS) is 12.5. The number of carbonyl (C=O) groups excluding carboxylic acids is 1. The molecule has 84 valence electrons. The molecule has 0 aromatic heterocycles. The number of hydrogen-bond donors (Lipinski definition) is 0. The van der Waals surface area contributed by atoms with Crippen molar-refractivity contribution in [1.29, 1.82) is 0 Å². The number of rotatable bonds is 8. The van der Waals surface area contributed by atoms with Gasteiger partial charge in [0.15, 0.2) is 0 Å². The van der Waals surface area contributed by atoms with Crippen LogP contribution in [-0.4, -0.2) is 24.1 Å². The molecule has 0 saturated heterocycles. The SMILES string of the molecule is CCCCCSCC(C)C(=O)OCC. The fourth-order valence-electron chi connectivity index (χ4n) is 1.07. The van der Waals surface area contributed by atoms with Gasteiger partial charge in [0.05, 0.1) is 12.5 Å². The highest BCUT2D eigenvalue weighted by Gasteiger charge is 2.12. The molecule has 1 atom stereocenters. The number of thioether (sulfide) groups is 1. The molecule has 1 unspecified atom stereocenters. The minimum atomic E-state index is -0.0597. The van der Waals surface area contributed by atoms with E-state index in [0.717, 1.165) is 11.5 Å². The third-order valence-corrected chi connectivity index (χ3v) is 3.26. The second-order valence-electron chi connectivity index (χ2n) is 3.44. The molecular weight excluding hydrogens is 196 g/mol. The van der Waals surface area contributed by atoms with Crippen LogP contribution in [0.1, 0.15) is 40.0 Å². The Balaban J connectivity index is 3.34. The van der Waals surface area contributed by atoms with Crippen LogP contribution in [0.4, 0.5) is 0 Å². The summed E-state index contributed by atoms with van der Waals surface area (Å²) in [6.07, 6.45) is 3.81. The van der Waals surface area contributed by atoms with Crippen molar-refractivity contribution in [3.05, 3.63) is 0 Å². The fraction of sp³-hybridized carbons (Fsp3) is 0.909. The predicted molar refractivity (Wildman–Crippen MR) is 62.6 cm³/mol. The van der Waals surface area contributed by atoms with Gasteiger partial charge in [-0.1, -0.05) is 26.7 Å². The molecule has 0 rings (SSSR count). The van der Waals surface area contributed by atoms with Crippen LogP contribution >= 0.6 is 11.8 Å². The lowest BCUT2D eigenvalue weighted by molar-refractivity contribution is -0.146. The molecule has 0 radical (unpaired) electrons. The highest BCUT2D eigenvalue weighted by atomic mass is 32.2. The average molecular weight is 218 g/mol. The highest BCUT2D eigenvalue weighted by molar-refractivity contribution is 7.99. The van der Waals surface area contributed by atoms with Crippen LogP contribution in [0.3, 0.4) is 0 Å². The summed E-state index contributed by atoms with van der Waals surface area (Å²) in [6, 6.07) is 0. The number of unbranched alkanes of at least 4 members (excludes halogenated alkanes) is 2. The Morgan fingerprint density at radius 3 is 2.64 bits per heavy atom. The monoisotopic (exact) mass is 218 g/mol. The van der Waals surface area contributed by atoms with Crippen LogP contribution < -0.4 is 0 Å². The van der Waals surface area contributed by atoms with Crippen molar-refractivity contribution in [3.8, 4) is 0 Å². The molecule has 0 aromatic rings. The molecule has 0 amide bonds. The molecule has 0 aliphatic carbocycles. The minimum Gasteiger partial charge on any atom is -0.466 e. The lowest BCUT2D eigenvalue weighted by Crippen LogP contribution is -2.16. The molecule has 2 nitrogen and oxygen atoms in total. The zero-order valence-electron chi connectivity index (χ0n) is 9.54. The van der Waals surface area contributed by atoms with Crippen molar-refractivity contribution in [2.75, 3.05) is 18.1 Å². The second-order valence-corrected chi connectivity index (χ2v) is 4.58. The number of hydrogen-bond acceptors (Lipinski definition) is 3. The zero-order valence-corrected chi connectivity index (χ0v) is 10.4. The van der Waals surface area contributed by atoms with Crippen LogP contribution in [0.25, 0.3) is 0 Å². The fourth-order valence-corrected chi connectivity index (χ4v) is 2.13. The first-order valence-electron chi connectivity index (χ1n) is 5.46. The van der Waals surface area contributed by atoms with Gasteiger partial charge in [-0.2, -0.15) is 11.8 Å². The first-order valence-corrected chi connectivity index (χ1v) is 6.62. The summed E-state index contributed by atoms with van der Waals surface area (Å²) in [5.74, 6) is 2.04. The maximum atomic E-state index is 11.2. The summed E-state index contributed by atoms with van der Waals surface area (Å²) in [5.41, 5.74) is 0. The summed E-state index contributed by atoms with van der Waals surface area (Å²) in [4.78, 5) is 11.2. The first-order chi connectivity index (χ1) is 6.72. The molecule has 0 bridgehead atoms. The van der Waals surface area contributed by atoms with Crippen molar-refractivity contribution in [2.24, 2.45) is 5.92 Å². The smallest absolute Gasteiger partial charge is 0.309 e. The Morgan fingerprint density at radius 1 is 1.36 bits per heavy atom. The van der Waals surface area contributed by atoms with Gasteiger partial charge in [-0.3, -0.25) is 4.79 Å². The topological polar surface area (TPSA) is 26.3 Å². The summed E-state index contributed by atoms with van der Waals surface area (Å²) in [7, 11) is 0. The predicted octanol–water partition coefficient (Wildman–Crippen LogP) is 3.11. The lowest BCUT2D eigenvalue weighted by Gasteiger charge is -2.09. The van der Waals surface area contributed by atoms with Gasteiger partial charge in [-0.15, -0.1) is 0 Å². The van der Waals surface area contributed by atoms with Crippen LogP contribution in [-0.2, 0) is 9.53 Å². The Morgan fingerprint density at radius 2 is 2.07 bits per heavy atom. The zero-order chi connectivity index (χ0) is 10.8. The molecule has 0 aliphatic heterocycles. The van der Waals surface area contributed by atoms with Crippen molar-refractivity contribution in [2.45, 2.75) is 40.0 Å². The van der Waals surface area contributed by atoms with E-state index < -0.39 is 0 Å². The quantitative estimate of drug-likeness (QED) is 0.462. The lowest BCUT2D eigenvalue weighted by atomic mass is 10.2. The van der Waals surface area contributed by atoms with Gasteiger partial charge in [-0.25, -0.2) is 0 Å². The van der Waals surface area contributed by atoms with E-state index in [4.69, 9.17) is 4.74 Å². The molecule has 14 heavy (non-hydrogen) atoms. The largest absolute Gasteiger partial charge is 0.466 e. The van der Waals surface area contributed by atoms with Gasteiger partial charge < -0.3 is 4.74 Å². The molecule has 0 heterocycles. The Bertz CT molecular complexity index is 148. The minimum absolute atomic E-state index is 0.0431. The summed E-state index contributed by atoms with van der Waals surface area (Å²) in [6.45, 7) is 6.47. The van der Waals surface area contributed by atoms with E-state index in [1.165, 1.54) is 19.3 Å².